The third-order valence-corrected chi connectivity index (χ3v) is 5.01. The zero-order valence-corrected chi connectivity index (χ0v) is 17.2. The van der Waals surface area contributed by atoms with Crippen LogP contribution in [-0.2, 0) is 16.1 Å². The summed E-state index contributed by atoms with van der Waals surface area (Å²) in [4.78, 5) is 28.2. The lowest BCUT2D eigenvalue weighted by atomic mass is 9.95. The van der Waals surface area contributed by atoms with Crippen molar-refractivity contribution in [1.82, 2.24) is 9.80 Å². The molecule has 1 saturated heterocycles. The van der Waals surface area contributed by atoms with Crippen molar-refractivity contribution in [2.24, 2.45) is 5.92 Å². The number of benzene rings is 1. The van der Waals surface area contributed by atoms with Crippen LogP contribution >= 0.6 is 23.2 Å². The topological polar surface area (TPSA) is 49.9 Å². The van der Waals surface area contributed by atoms with E-state index in [-0.39, 0.29) is 17.9 Å². The molecule has 1 aromatic carbocycles. The molecule has 1 aromatic rings. The number of carbonyl (C=O) groups is 2. The van der Waals surface area contributed by atoms with Crippen LogP contribution in [-0.4, -0.2) is 47.5 Å². The van der Waals surface area contributed by atoms with Gasteiger partial charge in [0, 0.05) is 32.6 Å². The molecular weight excluding hydrogens is 375 g/mol. The maximum Gasteiger partial charge on any atom is 0.410 e. The molecule has 144 valence electrons. The van der Waals surface area contributed by atoms with E-state index in [0.29, 0.717) is 42.5 Å². The number of halogens is 2. The average Bonchev–Trinajstić information content (AvgIpc) is 2.56. The maximum absolute atomic E-state index is 12.7. The summed E-state index contributed by atoms with van der Waals surface area (Å²) in [5.41, 5.74) is 0.422. The van der Waals surface area contributed by atoms with Crippen LogP contribution in [0.25, 0.3) is 0 Å². The van der Waals surface area contributed by atoms with E-state index in [1.54, 1.807) is 29.0 Å². The highest BCUT2D eigenvalue weighted by Gasteiger charge is 2.31. The van der Waals surface area contributed by atoms with Gasteiger partial charge in [0.05, 0.1) is 10.0 Å². The normalized spacial score (nSPS) is 15.7. The second-order valence-corrected chi connectivity index (χ2v) is 8.50. The van der Waals surface area contributed by atoms with E-state index < -0.39 is 5.60 Å². The Morgan fingerprint density at radius 3 is 2.35 bits per heavy atom. The Balaban J connectivity index is 1.87. The van der Waals surface area contributed by atoms with Crippen molar-refractivity contribution in [2.45, 2.75) is 45.8 Å². The monoisotopic (exact) mass is 400 g/mol. The van der Waals surface area contributed by atoms with E-state index in [4.69, 9.17) is 27.9 Å². The smallest absolute Gasteiger partial charge is 0.410 e. The highest BCUT2D eigenvalue weighted by atomic mass is 35.5. The number of rotatable bonds is 3. The van der Waals surface area contributed by atoms with Crippen molar-refractivity contribution >= 4 is 35.2 Å². The molecule has 0 aliphatic carbocycles. The van der Waals surface area contributed by atoms with Gasteiger partial charge in [0.1, 0.15) is 5.60 Å². The summed E-state index contributed by atoms with van der Waals surface area (Å²) in [7, 11) is 1.78. The first-order chi connectivity index (χ1) is 12.1. The summed E-state index contributed by atoms with van der Waals surface area (Å²) in [6.07, 6.45) is 0.973. The molecule has 0 bridgehead atoms. The van der Waals surface area contributed by atoms with Crippen molar-refractivity contribution in [2.75, 3.05) is 20.1 Å². The number of hydrogen-bond acceptors (Lipinski definition) is 3. The fraction of sp³-hybridized carbons (Fsp3) is 0.579. The van der Waals surface area contributed by atoms with Crippen molar-refractivity contribution < 1.29 is 14.3 Å². The van der Waals surface area contributed by atoms with E-state index in [1.807, 2.05) is 26.8 Å². The zero-order chi connectivity index (χ0) is 19.5. The quantitative estimate of drug-likeness (QED) is 0.744. The molecular formula is C19H26Cl2N2O3. The van der Waals surface area contributed by atoms with E-state index in [2.05, 4.69) is 0 Å². The molecule has 0 saturated carbocycles. The second kappa shape index (κ2) is 8.49. The summed E-state index contributed by atoms with van der Waals surface area (Å²) >= 11 is 12.0. The van der Waals surface area contributed by atoms with Crippen LogP contribution in [0.15, 0.2) is 18.2 Å². The van der Waals surface area contributed by atoms with E-state index in [1.165, 1.54) is 0 Å². The Bertz CT molecular complexity index is 665. The highest BCUT2D eigenvalue weighted by molar-refractivity contribution is 6.42. The minimum Gasteiger partial charge on any atom is -0.444 e. The number of likely N-dealkylation sites (tertiary alicyclic amines) is 1. The number of amides is 2. The Kier molecular flexibility index (Phi) is 6.80. The molecule has 1 aliphatic rings. The summed E-state index contributed by atoms with van der Waals surface area (Å²) in [5, 5.41) is 0.981. The molecule has 2 amide bonds. The van der Waals surface area contributed by atoms with Gasteiger partial charge in [0.25, 0.3) is 0 Å². The van der Waals surface area contributed by atoms with E-state index in [9.17, 15) is 9.59 Å². The first-order valence-electron chi connectivity index (χ1n) is 8.73. The van der Waals surface area contributed by atoms with Crippen LogP contribution in [0.3, 0.4) is 0 Å². The van der Waals surface area contributed by atoms with Crippen LogP contribution in [0.4, 0.5) is 4.79 Å². The highest BCUT2D eigenvalue weighted by Crippen LogP contribution is 2.25. The molecule has 1 heterocycles. The van der Waals surface area contributed by atoms with Gasteiger partial charge in [-0.05, 0) is 51.3 Å². The van der Waals surface area contributed by atoms with Gasteiger partial charge in [-0.3, -0.25) is 4.79 Å². The molecule has 0 spiro atoms. The van der Waals surface area contributed by atoms with Gasteiger partial charge in [0.2, 0.25) is 5.91 Å². The first kappa shape index (κ1) is 20.8. The van der Waals surface area contributed by atoms with Crippen LogP contribution in [0.2, 0.25) is 10.0 Å². The van der Waals surface area contributed by atoms with E-state index in [0.717, 1.165) is 5.56 Å². The van der Waals surface area contributed by atoms with Gasteiger partial charge in [-0.2, -0.15) is 0 Å². The fourth-order valence-electron chi connectivity index (χ4n) is 2.94. The molecule has 1 aliphatic heterocycles. The molecule has 0 aromatic heterocycles. The summed E-state index contributed by atoms with van der Waals surface area (Å²) < 4.78 is 5.39. The van der Waals surface area contributed by atoms with Crippen LogP contribution < -0.4 is 0 Å². The van der Waals surface area contributed by atoms with Gasteiger partial charge in [-0.15, -0.1) is 0 Å². The van der Waals surface area contributed by atoms with E-state index >= 15 is 0 Å². The predicted octanol–water partition coefficient (Wildman–Crippen LogP) is 4.60. The first-order valence-corrected chi connectivity index (χ1v) is 9.49. The Morgan fingerprint density at radius 1 is 1.19 bits per heavy atom. The van der Waals surface area contributed by atoms with Gasteiger partial charge in [-0.1, -0.05) is 29.3 Å². The summed E-state index contributed by atoms with van der Waals surface area (Å²) in [5.74, 6) is 0.00127. The number of carbonyl (C=O) groups excluding carboxylic acids is 2. The standard InChI is InChI=1S/C19H26Cl2N2O3/c1-19(2,3)26-18(25)23-9-7-14(8-10-23)17(24)22(4)12-13-5-6-15(20)16(21)11-13/h5-6,11,14H,7-10,12H2,1-4H3. The lowest BCUT2D eigenvalue weighted by molar-refractivity contribution is -0.136. The molecule has 5 nitrogen and oxygen atoms in total. The average molecular weight is 401 g/mol. The van der Waals surface area contributed by atoms with Gasteiger partial charge < -0.3 is 14.5 Å². The molecule has 0 N–H and O–H groups in total. The molecule has 0 radical (unpaired) electrons. The number of nitrogens with zero attached hydrogens (tertiary/aromatic N) is 2. The van der Waals surface area contributed by atoms with Crippen molar-refractivity contribution in [3.63, 3.8) is 0 Å². The molecule has 0 unspecified atom stereocenters. The van der Waals surface area contributed by atoms with Gasteiger partial charge in [-0.25, -0.2) is 4.79 Å². The summed E-state index contributed by atoms with van der Waals surface area (Å²) in [6.45, 7) is 7.08. The number of hydrogen-bond donors (Lipinski definition) is 0. The lowest BCUT2D eigenvalue weighted by Crippen LogP contribution is -2.45. The van der Waals surface area contributed by atoms with Crippen molar-refractivity contribution in [3.05, 3.63) is 33.8 Å². The number of piperidine rings is 1. The molecule has 1 fully saturated rings. The van der Waals surface area contributed by atoms with Gasteiger partial charge in [0.15, 0.2) is 0 Å². The number of ether oxygens (including phenoxy) is 1. The summed E-state index contributed by atoms with van der Waals surface area (Å²) in [6, 6.07) is 5.37. The Labute approximate surface area is 165 Å². The molecule has 26 heavy (non-hydrogen) atoms. The third-order valence-electron chi connectivity index (χ3n) is 4.28. The van der Waals surface area contributed by atoms with Gasteiger partial charge >= 0.3 is 6.09 Å². The molecule has 0 atom stereocenters. The van der Waals surface area contributed by atoms with Crippen LogP contribution in [0.5, 0.6) is 0 Å². The predicted molar refractivity (Wildman–Crippen MR) is 103 cm³/mol. The Hall–Kier alpha value is -1.46. The Morgan fingerprint density at radius 2 is 1.81 bits per heavy atom. The largest absolute Gasteiger partial charge is 0.444 e. The lowest BCUT2D eigenvalue weighted by Gasteiger charge is -2.34. The minimum absolute atomic E-state index is 0.0820. The molecule has 2 rings (SSSR count). The fourth-order valence-corrected chi connectivity index (χ4v) is 3.26. The maximum atomic E-state index is 12.7. The van der Waals surface area contributed by atoms with Crippen LogP contribution in [0, 0.1) is 5.92 Å². The minimum atomic E-state index is -0.510. The van der Waals surface area contributed by atoms with Crippen molar-refractivity contribution in [3.8, 4) is 0 Å². The van der Waals surface area contributed by atoms with Crippen LogP contribution in [0.1, 0.15) is 39.2 Å². The third kappa shape index (κ3) is 5.78. The second-order valence-electron chi connectivity index (χ2n) is 7.68. The molecule has 7 heteroatoms. The SMILES string of the molecule is CN(Cc1ccc(Cl)c(Cl)c1)C(=O)C1CCN(C(=O)OC(C)(C)C)CC1. The zero-order valence-electron chi connectivity index (χ0n) is 15.7. The van der Waals surface area contributed by atoms with Crippen molar-refractivity contribution in [1.29, 1.82) is 0 Å².